The smallest absolute Gasteiger partial charge is 0.254 e. The topological polar surface area (TPSA) is 55.1 Å². The van der Waals surface area contributed by atoms with Gasteiger partial charge < -0.3 is 5.32 Å². The number of fused-ring (bicyclic) bond motifs is 1. The summed E-state index contributed by atoms with van der Waals surface area (Å²) in [5, 5.41) is 7.69. The molecule has 0 saturated carbocycles. The van der Waals surface area contributed by atoms with Gasteiger partial charge in [0.15, 0.2) is 0 Å². The minimum absolute atomic E-state index is 0.0431. The molecule has 92 valence electrons. The van der Waals surface area contributed by atoms with Gasteiger partial charge >= 0.3 is 0 Å². The van der Waals surface area contributed by atoms with E-state index in [-0.39, 0.29) is 5.54 Å². The molecule has 0 aliphatic heterocycles. The van der Waals surface area contributed by atoms with Crippen LogP contribution in [-0.4, -0.2) is 25.1 Å². The highest BCUT2D eigenvalue weighted by atomic mass is 15.4. The molecular weight excluding hydrogens is 214 g/mol. The third-order valence-corrected chi connectivity index (χ3v) is 2.72. The molecule has 2 aromatic heterocycles. The zero-order chi connectivity index (χ0) is 12.5. The van der Waals surface area contributed by atoms with E-state index in [1.54, 1.807) is 4.52 Å². The Bertz CT molecular complexity index is 515. The molecule has 0 saturated heterocycles. The van der Waals surface area contributed by atoms with Crippen LogP contribution in [0, 0.1) is 6.92 Å². The number of anilines is 1. The first-order valence-corrected chi connectivity index (χ1v) is 5.97. The van der Waals surface area contributed by atoms with Gasteiger partial charge in [-0.25, -0.2) is 4.98 Å². The lowest BCUT2D eigenvalue weighted by molar-refractivity contribution is 0.507. The van der Waals surface area contributed by atoms with E-state index in [9.17, 15) is 0 Å². The second-order valence-corrected chi connectivity index (χ2v) is 5.01. The van der Waals surface area contributed by atoms with Crippen LogP contribution in [0.1, 0.15) is 39.3 Å². The maximum absolute atomic E-state index is 4.32. The number of nitrogens with one attached hydrogen (secondary N) is 1. The average Bonchev–Trinajstić information content (AvgIpc) is 2.64. The van der Waals surface area contributed by atoms with Crippen molar-refractivity contribution in [2.45, 2.75) is 46.1 Å². The second-order valence-electron chi connectivity index (χ2n) is 5.01. The van der Waals surface area contributed by atoms with E-state index in [0.29, 0.717) is 5.78 Å². The fourth-order valence-electron chi connectivity index (χ4n) is 2.05. The normalized spacial score (nSPS) is 12.0. The molecule has 0 bridgehead atoms. The highest BCUT2D eigenvalue weighted by Gasteiger charge is 2.18. The molecule has 2 aromatic rings. The minimum Gasteiger partial charge on any atom is -0.365 e. The van der Waals surface area contributed by atoms with Crippen LogP contribution < -0.4 is 5.32 Å². The van der Waals surface area contributed by atoms with E-state index in [1.807, 2.05) is 13.0 Å². The van der Waals surface area contributed by atoms with Crippen molar-refractivity contribution in [1.82, 2.24) is 19.6 Å². The maximum Gasteiger partial charge on any atom is 0.254 e. The van der Waals surface area contributed by atoms with Crippen molar-refractivity contribution >= 4 is 11.6 Å². The van der Waals surface area contributed by atoms with Crippen molar-refractivity contribution in [2.24, 2.45) is 0 Å². The van der Waals surface area contributed by atoms with Crippen LogP contribution in [0.15, 0.2) is 12.4 Å². The first-order chi connectivity index (χ1) is 8.02. The first kappa shape index (κ1) is 11.8. The van der Waals surface area contributed by atoms with E-state index in [4.69, 9.17) is 0 Å². The lowest BCUT2D eigenvalue weighted by atomic mass is 9.99. The van der Waals surface area contributed by atoms with Crippen LogP contribution in [-0.2, 0) is 0 Å². The predicted octanol–water partition coefficient (Wildman–Crippen LogP) is 2.42. The van der Waals surface area contributed by atoms with Gasteiger partial charge in [0.2, 0.25) is 0 Å². The molecule has 0 aromatic carbocycles. The fourth-order valence-corrected chi connectivity index (χ4v) is 2.05. The summed E-state index contributed by atoms with van der Waals surface area (Å²) in [6, 6.07) is 2.00. The van der Waals surface area contributed by atoms with E-state index in [2.05, 4.69) is 41.2 Å². The number of rotatable bonds is 4. The third-order valence-electron chi connectivity index (χ3n) is 2.72. The summed E-state index contributed by atoms with van der Waals surface area (Å²) in [4.78, 5) is 8.44. The Labute approximate surface area is 101 Å². The fraction of sp³-hybridized carbons (Fsp3) is 0.583. The molecule has 2 rings (SSSR count). The molecule has 5 nitrogen and oxygen atoms in total. The molecule has 17 heavy (non-hydrogen) atoms. The summed E-state index contributed by atoms with van der Waals surface area (Å²) in [5.41, 5.74) is 0.988. The van der Waals surface area contributed by atoms with Crippen LogP contribution >= 0.6 is 0 Å². The van der Waals surface area contributed by atoms with Gasteiger partial charge in [-0.05, 0) is 27.2 Å². The Kier molecular flexibility index (Phi) is 3.00. The highest BCUT2D eigenvalue weighted by Crippen LogP contribution is 2.19. The minimum atomic E-state index is 0.0431. The molecule has 0 atom stereocenters. The Balaban J connectivity index is 2.37. The lowest BCUT2D eigenvalue weighted by Crippen LogP contribution is -2.31. The summed E-state index contributed by atoms with van der Waals surface area (Å²) in [7, 11) is 0. The average molecular weight is 233 g/mol. The zero-order valence-electron chi connectivity index (χ0n) is 10.9. The van der Waals surface area contributed by atoms with Crippen LogP contribution in [0.3, 0.4) is 0 Å². The number of hydrogen-bond acceptors (Lipinski definition) is 4. The quantitative estimate of drug-likeness (QED) is 0.881. The van der Waals surface area contributed by atoms with E-state index < -0.39 is 0 Å². The molecule has 0 aliphatic rings. The zero-order valence-corrected chi connectivity index (χ0v) is 10.9. The predicted molar refractivity (Wildman–Crippen MR) is 68.1 cm³/mol. The Morgan fingerprint density at radius 2 is 2.18 bits per heavy atom. The van der Waals surface area contributed by atoms with Crippen molar-refractivity contribution in [3.8, 4) is 0 Å². The summed E-state index contributed by atoms with van der Waals surface area (Å²) in [6.45, 7) is 8.53. The van der Waals surface area contributed by atoms with Gasteiger partial charge in [0.25, 0.3) is 5.78 Å². The van der Waals surface area contributed by atoms with Crippen LogP contribution in [0.25, 0.3) is 5.78 Å². The van der Waals surface area contributed by atoms with Crippen molar-refractivity contribution in [3.05, 3.63) is 18.1 Å². The molecule has 0 fully saturated rings. The Morgan fingerprint density at radius 3 is 2.88 bits per heavy atom. The van der Waals surface area contributed by atoms with Gasteiger partial charge in [0, 0.05) is 17.3 Å². The van der Waals surface area contributed by atoms with Gasteiger partial charge in [0.05, 0.1) is 0 Å². The third kappa shape index (κ3) is 2.54. The molecule has 2 heterocycles. The number of hydrogen-bond donors (Lipinski definition) is 1. The van der Waals surface area contributed by atoms with Crippen molar-refractivity contribution in [2.75, 3.05) is 5.32 Å². The Hall–Kier alpha value is -1.65. The number of aromatic nitrogens is 4. The molecule has 0 radical (unpaired) electrons. The van der Waals surface area contributed by atoms with Gasteiger partial charge in [-0.1, -0.05) is 13.3 Å². The van der Waals surface area contributed by atoms with Crippen LogP contribution in [0.5, 0.6) is 0 Å². The standard InChI is InChI=1S/C12H19N5/c1-5-6-12(3,4)16-10-7-9(2)15-11-13-8-14-17(10)11/h7-8,16H,5-6H2,1-4H3. The van der Waals surface area contributed by atoms with Gasteiger partial charge in [-0.15, -0.1) is 0 Å². The van der Waals surface area contributed by atoms with Crippen molar-refractivity contribution in [1.29, 1.82) is 0 Å². The van der Waals surface area contributed by atoms with Gasteiger partial charge in [-0.3, -0.25) is 0 Å². The summed E-state index contributed by atoms with van der Waals surface area (Å²) >= 11 is 0. The van der Waals surface area contributed by atoms with Gasteiger partial charge in [-0.2, -0.15) is 14.6 Å². The van der Waals surface area contributed by atoms with E-state index in [0.717, 1.165) is 24.4 Å². The molecule has 0 amide bonds. The summed E-state index contributed by atoms with van der Waals surface area (Å²) in [6.07, 6.45) is 3.77. The molecule has 0 aliphatic carbocycles. The first-order valence-electron chi connectivity index (χ1n) is 5.97. The van der Waals surface area contributed by atoms with Crippen molar-refractivity contribution in [3.63, 3.8) is 0 Å². The molecular formula is C12H19N5. The molecule has 1 N–H and O–H groups in total. The summed E-state index contributed by atoms with van der Waals surface area (Å²) < 4.78 is 1.74. The number of aryl methyl sites for hydroxylation is 1. The Morgan fingerprint density at radius 1 is 1.41 bits per heavy atom. The largest absolute Gasteiger partial charge is 0.365 e. The van der Waals surface area contributed by atoms with E-state index in [1.165, 1.54) is 6.33 Å². The van der Waals surface area contributed by atoms with Crippen LogP contribution in [0.4, 0.5) is 5.82 Å². The lowest BCUT2D eigenvalue weighted by Gasteiger charge is -2.27. The number of nitrogens with zero attached hydrogens (tertiary/aromatic N) is 4. The molecule has 5 heteroatoms. The van der Waals surface area contributed by atoms with E-state index >= 15 is 0 Å². The van der Waals surface area contributed by atoms with Crippen molar-refractivity contribution < 1.29 is 0 Å². The summed E-state index contributed by atoms with van der Waals surface area (Å²) in [5.74, 6) is 1.59. The monoisotopic (exact) mass is 233 g/mol. The second kappa shape index (κ2) is 4.31. The van der Waals surface area contributed by atoms with Crippen LogP contribution in [0.2, 0.25) is 0 Å². The molecule has 0 unspecified atom stereocenters. The highest BCUT2D eigenvalue weighted by molar-refractivity contribution is 5.46. The van der Waals surface area contributed by atoms with Gasteiger partial charge in [0.1, 0.15) is 12.1 Å². The molecule has 0 spiro atoms. The SMILES string of the molecule is CCCC(C)(C)Nc1cc(C)nc2ncnn12. The maximum atomic E-state index is 4.32.